The van der Waals surface area contributed by atoms with Gasteiger partial charge < -0.3 is 15.0 Å². The highest BCUT2D eigenvalue weighted by molar-refractivity contribution is 5.83. The normalized spacial score (nSPS) is 16.1. The Labute approximate surface area is 194 Å². The second-order valence-electron chi connectivity index (χ2n) is 8.43. The van der Waals surface area contributed by atoms with Crippen molar-refractivity contribution >= 4 is 11.8 Å². The number of carbonyl (C=O) groups is 2. The Balaban J connectivity index is 1.48. The van der Waals surface area contributed by atoms with Gasteiger partial charge in [-0.25, -0.2) is 0 Å². The molecule has 1 unspecified atom stereocenters. The largest absolute Gasteiger partial charge is 0.483 e. The van der Waals surface area contributed by atoms with Gasteiger partial charge in [0.15, 0.2) is 6.61 Å². The Bertz CT molecular complexity index is 1110. The summed E-state index contributed by atoms with van der Waals surface area (Å²) in [5.74, 6) is 0.282. The zero-order valence-corrected chi connectivity index (χ0v) is 19.1. The van der Waals surface area contributed by atoms with E-state index in [2.05, 4.69) is 16.4 Å². The molecule has 4 rings (SSSR count). The quantitative estimate of drug-likeness (QED) is 0.632. The summed E-state index contributed by atoms with van der Waals surface area (Å²) in [4.78, 5) is 31.6. The molecule has 2 amide bonds. The van der Waals surface area contributed by atoms with E-state index in [1.54, 1.807) is 17.3 Å². The number of hydrogen-bond donors (Lipinski definition) is 1. The average molecular weight is 444 g/mol. The SMILES string of the molecule is Cc1cccc(C)c1OCC(=O)N1CCNC(=O)C(Cc2ccccc2-c2ccncc2)C1. The number of nitrogens with one attached hydrogen (secondary N) is 1. The van der Waals surface area contributed by atoms with Crippen molar-refractivity contribution in [2.24, 2.45) is 5.92 Å². The third-order valence-corrected chi connectivity index (χ3v) is 6.07. The molecule has 33 heavy (non-hydrogen) atoms. The first-order chi connectivity index (χ1) is 16.0. The fraction of sp³-hybridized carbons (Fsp3) is 0.296. The molecule has 1 N–H and O–H groups in total. The van der Waals surface area contributed by atoms with Crippen LogP contribution in [0.15, 0.2) is 67.0 Å². The summed E-state index contributed by atoms with van der Waals surface area (Å²) < 4.78 is 5.88. The van der Waals surface area contributed by atoms with Gasteiger partial charge in [-0.2, -0.15) is 0 Å². The van der Waals surface area contributed by atoms with Crippen molar-refractivity contribution in [1.29, 1.82) is 0 Å². The van der Waals surface area contributed by atoms with Crippen LogP contribution in [0.4, 0.5) is 0 Å². The minimum Gasteiger partial charge on any atom is -0.483 e. The second kappa shape index (κ2) is 10.3. The highest BCUT2D eigenvalue weighted by Crippen LogP contribution is 2.26. The number of benzene rings is 2. The van der Waals surface area contributed by atoms with Crippen LogP contribution in [0.1, 0.15) is 16.7 Å². The maximum atomic E-state index is 13.0. The van der Waals surface area contributed by atoms with Crippen LogP contribution in [0.5, 0.6) is 5.75 Å². The summed E-state index contributed by atoms with van der Waals surface area (Å²) >= 11 is 0. The molecule has 1 saturated heterocycles. The van der Waals surface area contributed by atoms with Gasteiger partial charge in [-0.3, -0.25) is 14.6 Å². The van der Waals surface area contributed by atoms with E-state index in [4.69, 9.17) is 4.74 Å². The molecule has 1 aliphatic rings. The number of nitrogens with zero attached hydrogens (tertiary/aromatic N) is 2. The van der Waals surface area contributed by atoms with Crippen LogP contribution in [-0.4, -0.2) is 47.9 Å². The van der Waals surface area contributed by atoms with Gasteiger partial charge in [0, 0.05) is 32.0 Å². The number of rotatable bonds is 6. The number of amides is 2. The Morgan fingerprint density at radius 3 is 2.55 bits per heavy atom. The number of hydrogen-bond acceptors (Lipinski definition) is 4. The first-order valence-electron chi connectivity index (χ1n) is 11.3. The lowest BCUT2D eigenvalue weighted by molar-refractivity contribution is -0.134. The number of aromatic nitrogens is 1. The summed E-state index contributed by atoms with van der Waals surface area (Å²) in [5, 5.41) is 2.97. The van der Waals surface area contributed by atoms with Crippen molar-refractivity contribution in [3.05, 3.63) is 83.7 Å². The Morgan fingerprint density at radius 2 is 1.79 bits per heavy atom. The molecule has 0 spiro atoms. The molecule has 170 valence electrons. The molecule has 0 aliphatic carbocycles. The smallest absolute Gasteiger partial charge is 0.260 e. The lowest BCUT2D eigenvalue weighted by Gasteiger charge is -2.24. The molecule has 6 nitrogen and oxygen atoms in total. The zero-order valence-electron chi connectivity index (χ0n) is 19.1. The van der Waals surface area contributed by atoms with Crippen LogP contribution in [-0.2, 0) is 16.0 Å². The molecule has 0 saturated carbocycles. The number of pyridine rings is 1. The van der Waals surface area contributed by atoms with Crippen molar-refractivity contribution in [2.75, 3.05) is 26.2 Å². The standard InChI is InChI=1S/C27H29N3O3/c1-19-6-5-7-20(2)26(19)33-18-25(31)30-15-14-29-27(32)23(17-30)16-22-8-3-4-9-24(22)21-10-12-28-13-11-21/h3-13,23H,14-18H2,1-2H3,(H,29,32). The maximum absolute atomic E-state index is 13.0. The van der Waals surface area contributed by atoms with Crippen LogP contribution in [0.3, 0.4) is 0 Å². The molecule has 0 radical (unpaired) electrons. The van der Waals surface area contributed by atoms with E-state index in [0.717, 1.165) is 33.6 Å². The average Bonchev–Trinajstić information content (AvgIpc) is 3.01. The van der Waals surface area contributed by atoms with E-state index in [-0.39, 0.29) is 24.3 Å². The van der Waals surface area contributed by atoms with Gasteiger partial charge in [0.05, 0.1) is 5.92 Å². The van der Waals surface area contributed by atoms with Gasteiger partial charge in [-0.1, -0.05) is 42.5 Å². The van der Waals surface area contributed by atoms with E-state index in [1.165, 1.54) is 0 Å². The molecule has 3 aromatic rings. The molecule has 6 heteroatoms. The van der Waals surface area contributed by atoms with Crippen LogP contribution in [0.2, 0.25) is 0 Å². The monoisotopic (exact) mass is 443 g/mol. The summed E-state index contributed by atoms with van der Waals surface area (Å²) in [6.45, 7) is 5.18. The Morgan fingerprint density at radius 1 is 1.06 bits per heavy atom. The topological polar surface area (TPSA) is 71.5 Å². The molecule has 0 bridgehead atoms. The second-order valence-corrected chi connectivity index (χ2v) is 8.43. The van der Waals surface area contributed by atoms with Crippen LogP contribution >= 0.6 is 0 Å². The van der Waals surface area contributed by atoms with Gasteiger partial charge in [0.2, 0.25) is 5.91 Å². The minimum absolute atomic E-state index is 0.0227. The lowest BCUT2D eigenvalue weighted by atomic mass is 9.92. The lowest BCUT2D eigenvalue weighted by Crippen LogP contribution is -2.40. The third kappa shape index (κ3) is 5.40. The van der Waals surface area contributed by atoms with Crippen LogP contribution in [0.25, 0.3) is 11.1 Å². The van der Waals surface area contributed by atoms with E-state index >= 15 is 0 Å². The molecule has 2 heterocycles. The highest BCUT2D eigenvalue weighted by atomic mass is 16.5. The van der Waals surface area contributed by atoms with E-state index < -0.39 is 0 Å². The molecule has 1 aliphatic heterocycles. The number of para-hydroxylation sites is 1. The fourth-order valence-electron chi connectivity index (χ4n) is 4.31. The summed E-state index contributed by atoms with van der Waals surface area (Å²) in [5.41, 5.74) is 5.21. The predicted octanol–water partition coefficient (Wildman–Crippen LogP) is 3.56. The van der Waals surface area contributed by atoms with E-state index in [0.29, 0.717) is 26.1 Å². The van der Waals surface area contributed by atoms with Gasteiger partial charge in [0.1, 0.15) is 5.75 Å². The van der Waals surface area contributed by atoms with Gasteiger partial charge in [0.25, 0.3) is 5.91 Å². The molecular formula is C27H29N3O3. The number of aryl methyl sites for hydroxylation is 2. The molecule has 1 aromatic heterocycles. The first kappa shape index (κ1) is 22.5. The van der Waals surface area contributed by atoms with Crippen molar-refractivity contribution in [3.63, 3.8) is 0 Å². The molecule has 2 aromatic carbocycles. The van der Waals surface area contributed by atoms with Gasteiger partial charge in [-0.15, -0.1) is 0 Å². The Kier molecular flexibility index (Phi) is 7.03. The zero-order chi connectivity index (χ0) is 23.2. The highest BCUT2D eigenvalue weighted by Gasteiger charge is 2.28. The van der Waals surface area contributed by atoms with Gasteiger partial charge in [-0.05, 0) is 60.2 Å². The number of carbonyl (C=O) groups excluding carboxylic acids is 2. The summed E-state index contributed by atoms with van der Waals surface area (Å²) in [7, 11) is 0. The van der Waals surface area contributed by atoms with Crippen LogP contribution < -0.4 is 10.1 Å². The van der Waals surface area contributed by atoms with E-state index in [1.807, 2.05) is 62.4 Å². The number of ether oxygens (including phenoxy) is 1. The Hall–Kier alpha value is -3.67. The maximum Gasteiger partial charge on any atom is 0.260 e. The van der Waals surface area contributed by atoms with Crippen molar-refractivity contribution in [3.8, 4) is 16.9 Å². The minimum atomic E-state index is -0.334. The van der Waals surface area contributed by atoms with Crippen LogP contribution in [0, 0.1) is 19.8 Å². The van der Waals surface area contributed by atoms with E-state index in [9.17, 15) is 9.59 Å². The molecule has 1 atom stereocenters. The van der Waals surface area contributed by atoms with Crippen molar-refractivity contribution in [2.45, 2.75) is 20.3 Å². The summed E-state index contributed by atoms with van der Waals surface area (Å²) in [6, 6.07) is 17.9. The third-order valence-electron chi connectivity index (χ3n) is 6.07. The molecular weight excluding hydrogens is 414 g/mol. The first-order valence-corrected chi connectivity index (χ1v) is 11.3. The van der Waals surface area contributed by atoms with Crippen molar-refractivity contribution in [1.82, 2.24) is 15.2 Å². The summed E-state index contributed by atoms with van der Waals surface area (Å²) in [6.07, 6.45) is 4.08. The predicted molar refractivity (Wildman–Crippen MR) is 128 cm³/mol. The fourth-order valence-corrected chi connectivity index (χ4v) is 4.31. The van der Waals surface area contributed by atoms with Crippen molar-refractivity contribution < 1.29 is 14.3 Å². The van der Waals surface area contributed by atoms with Gasteiger partial charge >= 0.3 is 0 Å². The molecule has 1 fully saturated rings.